The number of benzene rings is 2. The van der Waals surface area contributed by atoms with Gasteiger partial charge in [-0.1, -0.05) is 6.07 Å². The molecule has 4 rings (SSSR count). The van der Waals surface area contributed by atoms with E-state index in [-0.39, 0.29) is 29.0 Å². The highest BCUT2D eigenvalue weighted by Crippen LogP contribution is 2.49. The van der Waals surface area contributed by atoms with Crippen molar-refractivity contribution in [3.63, 3.8) is 0 Å². The van der Waals surface area contributed by atoms with Gasteiger partial charge in [0.15, 0.2) is 11.5 Å². The van der Waals surface area contributed by atoms with Gasteiger partial charge < -0.3 is 55.4 Å². The summed E-state index contributed by atoms with van der Waals surface area (Å²) in [5, 5.41) is 90.9. The predicted octanol–water partition coefficient (Wildman–Crippen LogP) is -0.939. The molecule has 0 aromatic heterocycles. The van der Waals surface area contributed by atoms with E-state index >= 15 is 0 Å². The molecule has 7 atom stereocenters. The summed E-state index contributed by atoms with van der Waals surface area (Å²) in [7, 11) is 0. The average molecular weight is 452 g/mol. The molecule has 2 heterocycles. The highest BCUT2D eigenvalue weighted by Gasteiger charge is 2.46. The normalized spacial score (nSPS) is 32.2. The van der Waals surface area contributed by atoms with Crippen molar-refractivity contribution in [3.05, 3.63) is 41.0 Å². The van der Waals surface area contributed by atoms with E-state index in [9.17, 15) is 46.0 Å². The molecule has 0 aliphatic carbocycles. The minimum atomic E-state index is -1.73. The number of rotatable bonds is 3. The van der Waals surface area contributed by atoms with Crippen molar-refractivity contribution in [2.24, 2.45) is 0 Å². The molecule has 2 aromatic rings. The lowest BCUT2D eigenvalue weighted by Gasteiger charge is -2.41. The van der Waals surface area contributed by atoms with Gasteiger partial charge in [-0.2, -0.15) is 0 Å². The number of aliphatic hydroxyl groups is 5. The molecule has 0 radical (unpaired) electrons. The molecular weight excluding hydrogens is 428 g/mol. The van der Waals surface area contributed by atoms with E-state index in [2.05, 4.69) is 0 Å². The first-order valence-electron chi connectivity index (χ1n) is 9.88. The lowest BCUT2D eigenvalue weighted by Crippen LogP contribution is -2.55. The summed E-state index contributed by atoms with van der Waals surface area (Å²) in [6.45, 7) is -0.684. The Hall–Kier alpha value is -2.80. The molecule has 0 unspecified atom stereocenters. The molecule has 0 spiro atoms. The highest BCUT2D eigenvalue weighted by molar-refractivity contribution is 5.59. The lowest BCUT2D eigenvalue weighted by atomic mass is 9.87. The third-order valence-corrected chi connectivity index (χ3v) is 5.90. The summed E-state index contributed by atoms with van der Waals surface area (Å²) in [4.78, 5) is 0. The van der Waals surface area contributed by atoms with Gasteiger partial charge in [-0.25, -0.2) is 0 Å². The summed E-state index contributed by atoms with van der Waals surface area (Å²) in [6, 6.07) is 5.03. The van der Waals surface area contributed by atoms with Crippen LogP contribution in [-0.2, 0) is 11.2 Å². The maximum absolute atomic E-state index is 10.8. The van der Waals surface area contributed by atoms with E-state index in [1.165, 1.54) is 18.2 Å². The van der Waals surface area contributed by atoms with Crippen LogP contribution in [0.4, 0.5) is 0 Å². The Morgan fingerprint density at radius 2 is 1.53 bits per heavy atom. The summed E-state index contributed by atoms with van der Waals surface area (Å²) in [5.74, 6) is -1.83. The van der Waals surface area contributed by atoms with Crippen molar-refractivity contribution in [2.75, 3.05) is 6.61 Å². The first-order valence-corrected chi connectivity index (χ1v) is 9.88. The first-order chi connectivity index (χ1) is 15.1. The van der Waals surface area contributed by atoms with Crippen LogP contribution in [0, 0.1) is 0 Å². The van der Waals surface area contributed by atoms with Crippen LogP contribution in [0.5, 0.6) is 28.7 Å². The number of hydrogen-bond donors (Lipinski definition) is 9. The molecule has 1 fully saturated rings. The van der Waals surface area contributed by atoms with E-state index < -0.39 is 66.6 Å². The Balaban J connectivity index is 1.70. The number of aromatic hydroxyl groups is 4. The standard InChI is InChI=1S/C21H24O11/c22-6-14-17(28)18(29)19(30)21(32-14)15-11(25)5-13-8(16(15)27)4-12(26)20(31-13)7-1-2-9(23)10(24)3-7/h1-3,5,12,14,17-30H,4,6H2/t12-,14+,17-,18+,19-,20+,21+/m1/s1. The van der Waals surface area contributed by atoms with Gasteiger partial charge in [0, 0.05) is 18.1 Å². The van der Waals surface area contributed by atoms with Crippen molar-refractivity contribution in [1.29, 1.82) is 0 Å². The minimum Gasteiger partial charge on any atom is -0.507 e. The van der Waals surface area contributed by atoms with E-state index in [1.54, 1.807) is 0 Å². The van der Waals surface area contributed by atoms with Crippen molar-refractivity contribution in [1.82, 2.24) is 0 Å². The summed E-state index contributed by atoms with van der Waals surface area (Å²) in [6.07, 6.45) is -10.1. The second-order valence-electron chi connectivity index (χ2n) is 7.94. The molecule has 11 heteroatoms. The molecular formula is C21H24O11. The van der Waals surface area contributed by atoms with Gasteiger partial charge in [-0.3, -0.25) is 0 Å². The zero-order chi connectivity index (χ0) is 23.3. The lowest BCUT2D eigenvalue weighted by molar-refractivity contribution is -0.232. The van der Waals surface area contributed by atoms with Gasteiger partial charge in [-0.15, -0.1) is 0 Å². The molecule has 1 saturated heterocycles. The van der Waals surface area contributed by atoms with Crippen LogP contribution in [0.15, 0.2) is 24.3 Å². The molecule has 0 saturated carbocycles. The van der Waals surface area contributed by atoms with Crippen molar-refractivity contribution in [3.8, 4) is 28.7 Å². The smallest absolute Gasteiger partial charge is 0.157 e. The summed E-state index contributed by atoms with van der Waals surface area (Å²) < 4.78 is 11.2. The molecule has 32 heavy (non-hydrogen) atoms. The molecule has 11 nitrogen and oxygen atoms in total. The fourth-order valence-corrected chi connectivity index (χ4v) is 4.15. The van der Waals surface area contributed by atoms with E-state index in [0.717, 1.165) is 6.07 Å². The van der Waals surface area contributed by atoms with Crippen LogP contribution in [0.2, 0.25) is 0 Å². The Bertz CT molecular complexity index is 1010. The maximum atomic E-state index is 10.8. The zero-order valence-corrected chi connectivity index (χ0v) is 16.6. The van der Waals surface area contributed by atoms with Crippen molar-refractivity contribution in [2.45, 2.75) is 49.1 Å². The van der Waals surface area contributed by atoms with Crippen LogP contribution in [0.1, 0.15) is 28.9 Å². The Kier molecular flexibility index (Phi) is 5.79. The number of fused-ring (bicyclic) bond motifs is 1. The van der Waals surface area contributed by atoms with E-state index in [1.807, 2.05) is 0 Å². The second-order valence-corrected chi connectivity index (χ2v) is 7.94. The van der Waals surface area contributed by atoms with Crippen LogP contribution < -0.4 is 4.74 Å². The van der Waals surface area contributed by atoms with Crippen LogP contribution in [0.3, 0.4) is 0 Å². The summed E-state index contributed by atoms with van der Waals surface area (Å²) in [5.41, 5.74) is 0.147. The molecule has 0 amide bonds. The molecule has 2 aromatic carbocycles. The quantitative estimate of drug-likeness (QED) is 0.260. The van der Waals surface area contributed by atoms with Crippen LogP contribution in [0.25, 0.3) is 0 Å². The van der Waals surface area contributed by atoms with Gasteiger partial charge in [0.2, 0.25) is 0 Å². The molecule has 9 N–H and O–H groups in total. The SMILES string of the molecule is OC[C@@H]1O[C@@H](c2c(O)cc3c(c2O)C[C@@H](O)[C@H](c2ccc(O)c(O)c2)O3)[C@H](O)[C@@H](O)[C@@H]1O. The number of hydrogen-bond acceptors (Lipinski definition) is 11. The molecule has 174 valence electrons. The van der Waals surface area contributed by atoms with Gasteiger partial charge in [0.1, 0.15) is 53.9 Å². The topological polar surface area (TPSA) is 201 Å². The molecule has 0 bridgehead atoms. The van der Waals surface area contributed by atoms with Gasteiger partial charge in [-0.05, 0) is 17.7 Å². The second kappa shape index (κ2) is 8.28. The van der Waals surface area contributed by atoms with Gasteiger partial charge in [0.05, 0.1) is 18.3 Å². The molecule has 2 aliphatic rings. The first kappa shape index (κ1) is 22.4. The Morgan fingerprint density at radius 1 is 0.812 bits per heavy atom. The Morgan fingerprint density at radius 3 is 2.19 bits per heavy atom. The third-order valence-electron chi connectivity index (χ3n) is 5.90. The average Bonchev–Trinajstić information content (AvgIpc) is 2.76. The fraction of sp³-hybridized carbons (Fsp3) is 0.429. The largest absolute Gasteiger partial charge is 0.507 e. The van der Waals surface area contributed by atoms with Crippen LogP contribution in [-0.4, -0.2) is 83.1 Å². The number of phenols is 4. The summed E-state index contributed by atoms with van der Waals surface area (Å²) >= 11 is 0. The van der Waals surface area contributed by atoms with E-state index in [4.69, 9.17) is 9.47 Å². The number of aliphatic hydroxyl groups excluding tert-OH is 5. The predicted molar refractivity (Wildman–Crippen MR) is 105 cm³/mol. The number of phenolic OH excluding ortho intramolecular Hbond substituents is 4. The molecule has 2 aliphatic heterocycles. The number of ether oxygens (including phenoxy) is 2. The monoisotopic (exact) mass is 452 g/mol. The zero-order valence-electron chi connectivity index (χ0n) is 16.6. The van der Waals surface area contributed by atoms with Crippen molar-refractivity contribution >= 4 is 0 Å². The minimum absolute atomic E-state index is 0.0243. The third kappa shape index (κ3) is 3.58. The van der Waals surface area contributed by atoms with Crippen LogP contribution >= 0.6 is 0 Å². The van der Waals surface area contributed by atoms with Gasteiger partial charge >= 0.3 is 0 Å². The van der Waals surface area contributed by atoms with E-state index in [0.29, 0.717) is 5.56 Å². The fourth-order valence-electron chi connectivity index (χ4n) is 4.15. The van der Waals surface area contributed by atoms with Crippen molar-refractivity contribution < 1.29 is 55.4 Å². The Labute approximate surface area is 181 Å². The maximum Gasteiger partial charge on any atom is 0.157 e. The highest BCUT2D eigenvalue weighted by atomic mass is 16.5. The van der Waals surface area contributed by atoms with Gasteiger partial charge in [0.25, 0.3) is 0 Å².